The Morgan fingerprint density at radius 2 is 2.12 bits per heavy atom. The summed E-state index contributed by atoms with van der Waals surface area (Å²) in [5, 5.41) is 4.16. The fourth-order valence-electron chi connectivity index (χ4n) is 3.68. The summed E-state index contributed by atoms with van der Waals surface area (Å²) < 4.78 is 5.40. The van der Waals surface area contributed by atoms with Gasteiger partial charge in [-0.05, 0) is 43.7 Å². The van der Waals surface area contributed by atoms with Gasteiger partial charge in [-0.1, -0.05) is 23.4 Å². The lowest BCUT2D eigenvalue weighted by Crippen LogP contribution is -2.37. The monoisotopic (exact) mass is 341 g/mol. The molecule has 1 aliphatic carbocycles. The summed E-state index contributed by atoms with van der Waals surface area (Å²) >= 11 is 1.69. The maximum absolute atomic E-state index is 13.1. The Balaban J connectivity index is 1.34. The number of aromatic nitrogens is 2. The van der Waals surface area contributed by atoms with Crippen molar-refractivity contribution in [2.75, 3.05) is 6.54 Å². The number of likely N-dealkylation sites (tertiary alicyclic amines) is 1. The number of fused-ring (bicyclic) bond motifs is 1. The van der Waals surface area contributed by atoms with Crippen molar-refractivity contribution in [2.45, 2.75) is 54.2 Å². The van der Waals surface area contributed by atoms with Crippen molar-refractivity contribution < 1.29 is 9.32 Å². The van der Waals surface area contributed by atoms with E-state index >= 15 is 0 Å². The second-order valence-electron chi connectivity index (χ2n) is 6.87. The highest BCUT2D eigenvalue weighted by atomic mass is 32.2. The van der Waals surface area contributed by atoms with Crippen LogP contribution >= 0.6 is 11.8 Å². The Labute approximate surface area is 144 Å². The summed E-state index contributed by atoms with van der Waals surface area (Å²) in [5.41, 5.74) is 1.28. The Morgan fingerprint density at radius 3 is 2.96 bits per heavy atom. The average molecular weight is 341 g/mol. The van der Waals surface area contributed by atoms with Crippen LogP contribution in [0.1, 0.15) is 54.9 Å². The third-order valence-electron chi connectivity index (χ3n) is 5.14. The average Bonchev–Trinajstić information content (AvgIpc) is 3.06. The van der Waals surface area contributed by atoms with Gasteiger partial charge in [0.1, 0.15) is 0 Å². The molecule has 1 amide bonds. The first-order chi connectivity index (χ1) is 11.8. The third kappa shape index (κ3) is 2.44. The number of amides is 1. The van der Waals surface area contributed by atoms with Gasteiger partial charge in [0.25, 0.3) is 0 Å². The van der Waals surface area contributed by atoms with Gasteiger partial charge in [0.15, 0.2) is 5.82 Å². The van der Waals surface area contributed by atoms with Gasteiger partial charge in [-0.2, -0.15) is 4.98 Å². The van der Waals surface area contributed by atoms with E-state index in [4.69, 9.17) is 4.52 Å². The molecule has 1 aromatic heterocycles. The predicted molar refractivity (Wildman–Crippen MR) is 89.8 cm³/mol. The molecule has 1 aromatic carbocycles. The summed E-state index contributed by atoms with van der Waals surface area (Å²) in [6, 6.07) is 8.30. The van der Waals surface area contributed by atoms with Gasteiger partial charge in [-0.25, -0.2) is 0 Å². The van der Waals surface area contributed by atoms with Gasteiger partial charge in [0.05, 0.1) is 11.3 Å². The number of rotatable bonds is 3. The smallest absolute Gasteiger partial charge is 0.237 e. The van der Waals surface area contributed by atoms with Crippen molar-refractivity contribution in [3.8, 4) is 0 Å². The van der Waals surface area contributed by atoms with E-state index in [9.17, 15) is 4.79 Å². The van der Waals surface area contributed by atoms with E-state index in [1.54, 1.807) is 11.8 Å². The van der Waals surface area contributed by atoms with Gasteiger partial charge in [0.2, 0.25) is 11.8 Å². The third-order valence-corrected chi connectivity index (χ3v) is 6.45. The first kappa shape index (κ1) is 14.5. The molecule has 2 aliphatic heterocycles. The topological polar surface area (TPSA) is 59.2 Å². The van der Waals surface area contributed by atoms with Crippen molar-refractivity contribution in [2.24, 2.45) is 0 Å². The summed E-state index contributed by atoms with van der Waals surface area (Å²) in [4.78, 5) is 20.9. The van der Waals surface area contributed by atoms with Gasteiger partial charge in [0, 0.05) is 17.4 Å². The van der Waals surface area contributed by atoms with Crippen LogP contribution in [0.5, 0.6) is 0 Å². The van der Waals surface area contributed by atoms with Crippen LogP contribution in [0.15, 0.2) is 33.7 Å². The highest BCUT2D eigenvalue weighted by Crippen LogP contribution is 2.42. The van der Waals surface area contributed by atoms with E-state index < -0.39 is 0 Å². The van der Waals surface area contributed by atoms with Crippen molar-refractivity contribution >= 4 is 17.7 Å². The Kier molecular flexibility index (Phi) is 3.40. The van der Waals surface area contributed by atoms with Crippen LogP contribution in [0.2, 0.25) is 0 Å². The standard InChI is InChI=1S/C18H19N3O2S/c22-18(15-10-12-4-1-2-6-14(12)24-15)21-9-3-5-13(21)16-19-17(23-20-16)11-7-8-11/h1-2,4,6,11,13,15H,3,5,7-10H2/t13-,15-/m1/s1. The molecule has 0 spiro atoms. The van der Waals surface area contributed by atoms with E-state index in [2.05, 4.69) is 22.3 Å². The minimum Gasteiger partial charge on any atom is -0.339 e. The van der Waals surface area contributed by atoms with Crippen LogP contribution in [-0.2, 0) is 11.2 Å². The van der Waals surface area contributed by atoms with E-state index in [1.807, 2.05) is 17.0 Å². The van der Waals surface area contributed by atoms with Crippen molar-refractivity contribution in [3.63, 3.8) is 0 Å². The number of benzene rings is 1. The van der Waals surface area contributed by atoms with E-state index in [-0.39, 0.29) is 17.2 Å². The quantitative estimate of drug-likeness (QED) is 0.857. The predicted octanol–water partition coefficient (Wildman–Crippen LogP) is 3.33. The van der Waals surface area contributed by atoms with Crippen molar-refractivity contribution in [3.05, 3.63) is 41.5 Å². The number of carbonyl (C=O) groups is 1. The second kappa shape index (κ2) is 5.62. The number of nitrogens with zero attached hydrogens (tertiary/aromatic N) is 3. The van der Waals surface area contributed by atoms with Gasteiger partial charge in [-0.15, -0.1) is 11.8 Å². The van der Waals surface area contributed by atoms with Crippen LogP contribution in [0.4, 0.5) is 0 Å². The molecule has 0 radical (unpaired) electrons. The lowest BCUT2D eigenvalue weighted by molar-refractivity contribution is -0.131. The lowest BCUT2D eigenvalue weighted by Gasteiger charge is -2.24. The summed E-state index contributed by atoms with van der Waals surface area (Å²) in [6.45, 7) is 0.796. The first-order valence-electron chi connectivity index (χ1n) is 8.68. The summed E-state index contributed by atoms with van der Waals surface area (Å²) in [6.07, 6.45) is 5.05. The Morgan fingerprint density at radius 1 is 1.25 bits per heavy atom. The molecule has 24 heavy (non-hydrogen) atoms. The molecule has 5 nitrogen and oxygen atoms in total. The minimum absolute atomic E-state index is 0.0157. The molecule has 3 heterocycles. The van der Waals surface area contributed by atoms with Crippen LogP contribution in [0.3, 0.4) is 0 Å². The molecule has 2 fully saturated rings. The van der Waals surface area contributed by atoms with Crippen molar-refractivity contribution in [1.29, 1.82) is 0 Å². The van der Waals surface area contributed by atoms with Crippen molar-refractivity contribution in [1.82, 2.24) is 15.0 Å². The summed E-state index contributed by atoms with van der Waals surface area (Å²) in [7, 11) is 0. The highest BCUT2D eigenvalue weighted by Gasteiger charge is 2.39. The second-order valence-corrected chi connectivity index (χ2v) is 8.12. The number of carbonyl (C=O) groups excluding carboxylic acids is 1. The molecular weight excluding hydrogens is 322 g/mol. The number of hydrogen-bond acceptors (Lipinski definition) is 5. The fraction of sp³-hybridized carbons (Fsp3) is 0.500. The SMILES string of the molecule is O=C([C@H]1Cc2ccccc2S1)N1CCC[C@@H]1c1noc(C2CC2)n1. The number of thioether (sulfide) groups is 1. The van der Waals surface area contributed by atoms with Crippen LogP contribution in [0, 0.1) is 0 Å². The Hall–Kier alpha value is -1.82. The summed E-state index contributed by atoms with van der Waals surface area (Å²) in [5.74, 6) is 2.13. The zero-order valence-corrected chi connectivity index (χ0v) is 14.2. The molecule has 2 atom stereocenters. The minimum atomic E-state index is -0.0159. The highest BCUT2D eigenvalue weighted by molar-refractivity contribution is 8.01. The molecule has 0 unspecified atom stereocenters. The molecule has 1 saturated heterocycles. The normalized spacial score (nSPS) is 25.9. The van der Waals surface area contributed by atoms with Gasteiger partial charge >= 0.3 is 0 Å². The number of hydrogen-bond donors (Lipinski definition) is 0. The Bertz CT molecular complexity index is 761. The molecule has 2 aromatic rings. The molecule has 6 heteroatoms. The maximum Gasteiger partial charge on any atom is 0.237 e. The van der Waals surface area contributed by atoms with Gasteiger partial charge < -0.3 is 9.42 Å². The van der Waals surface area contributed by atoms with Crippen LogP contribution in [0.25, 0.3) is 0 Å². The molecular formula is C18H19N3O2S. The fourth-order valence-corrected chi connectivity index (χ4v) is 4.95. The van der Waals surface area contributed by atoms with Crippen LogP contribution in [-0.4, -0.2) is 32.7 Å². The molecule has 3 aliphatic rings. The zero-order chi connectivity index (χ0) is 16.1. The molecule has 0 bridgehead atoms. The van der Waals surface area contributed by atoms with E-state index in [0.717, 1.165) is 44.5 Å². The largest absolute Gasteiger partial charge is 0.339 e. The lowest BCUT2D eigenvalue weighted by atomic mass is 10.1. The van der Waals surface area contributed by atoms with E-state index in [0.29, 0.717) is 11.7 Å². The molecule has 0 N–H and O–H groups in total. The molecule has 1 saturated carbocycles. The van der Waals surface area contributed by atoms with Gasteiger partial charge in [-0.3, -0.25) is 4.79 Å². The first-order valence-corrected chi connectivity index (χ1v) is 9.56. The zero-order valence-electron chi connectivity index (χ0n) is 13.4. The maximum atomic E-state index is 13.1. The molecule has 124 valence electrons. The molecule has 5 rings (SSSR count). The van der Waals surface area contributed by atoms with Crippen LogP contribution < -0.4 is 0 Å². The van der Waals surface area contributed by atoms with E-state index in [1.165, 1.54) is 10.5 Å².